The standard InChI is InChI=1S/C12H14N2O/c1-9(13-15)12-8-14(2)7-10-5-3-4-6-11(10)12/h3-6,8,15H,7H2,1-2H3/b13-9+. The Kier molecular flexibility index (Phi) is 2.46. The number of nitrogens with zero attached hydrogens (tertiary/aromatic N) is 2. The third-order valence-corrected chi connectivity index (χ3v) is 2.62. The number of hydrogen-bond donors (Lipinski definition) is 1. The minimum Gasteiger partial charge on any atom is -0.411 e. The number of hydrogen-bond acceptors (Lipinski definition) is 3. The van der Waals surface area contributed by atoms with Crippen LogP contribution in [-0.4, -0.2) is 22.9 Å². The highest BCUT2D eigenvalue weighted by atomic mass is 16.4. The van der Waals surface area contributed by atoms with Crippen LogP contribution in [-0.2, 0) is 6.54 Å². The first-order chi connectivity index (χ1) is 7.22. The van der Waals surface area contributed by atoms with Crippen molar-refractivity contribution in [2.45, 2.75) is 13.5 Å². The topological polar surface area (TPSA) is 35.8 Å². The van der Waals surface area contributed by atoms with Gasteiger partial charge >= 0.3 is 0 Å². The molecule has 0 radical (unpaired) electrons. The van der Waals surface area contributed by atoms with Crippen molar-refractivity contribution in [3.63, 3.8) is 0 Å². The third-order valence-electron chi connectivity index (χ3n) is 2.62. The van der Waals surface area contributed by atoms with Gasteiger partial charge in [0.05, 0.1) is 5.71 Å². The van der Waals surface area contributed by atoms with Gasteiger partial charge in [-0.25, -0.2) is 0 Å². The first-order valence-corrected chi connectivity index (χ1v) is 4.91. The van der Waals surface area contributed by atoms with Crippen LogP contribution in [0.5, 0.6) is 0 Å². The monoisotopic (exact) mass is 202 g/mol. The van der Waals surface area contributed by atoms with Crippen LogP contribution in [0.4, 0.5) is 0 Å². The van der Waals surface area contributed by atoms with E-state index in [2.05, 4.69) is 22.2 Å². The zero-order valence-electron chi connectivity index (χ0n) is 8.94. The summed E-state index contributed by atoms with van der Waals surface area (Å²) < 4.78 is 0. The lowest BCUT2D eigenvalue weighted by Crippen LogP contribution is -2.19. The number of allylic oxidation sites excluding steroid dienone is 1. The van der Waals surface area contributed by atoms with E-state index in [1.54, 1.807) is 0 Å². The second kappa shape index (κ2) is 3.77. The maximum Gasteiger partial charge on any atom is 0.0857 e. The average Bonchev–Trinajstić information content (AvgIpc) is 2.26. The molecule has 1 aromatic rings. The first kappa shape index (κ1) is 9.77. The highest BCUT2D eigenvalue weighted by molar-refractivity contribution is 6.22. The summed E-state index contributed by atoms with van der Waals surface area (Å²) in [5.41, 5.74) is 4.06. The normalized spacial score (nSPS) is 16.0. The second-order valence-corrected chi connectivity index (χ2v) is 3.80. The predicted octanol–water partition coefficient (Wildman–Crippen LogP) is 2.32. The van der Waals surface area contributed by atoms with Gasteiger partial charge in [-0.3, -0.25) is 0 Å². The molecule has 0 spiro atoms. The number of benzene rings is 1. The second-order valence-electron chi connectivity index (χ2n) is 3.80. The molecule has 1 aliphatic rings. The van der Waals surface area contributed by atoms with Gasteiger partial charge in [0.15, 0.2) is 0 Å². The van der Waals surface area contributed by atoms with Crippen molar-refractivity contribution in [1.29, 1.82) is 0 Å². The molecule has 1 aliphatic heterocycles. The molecule has 0 aliphatic carbocycles. The first-order valence-electron chi connectivity index (χ1n) is 4.91. The summed E-state index contributed by atoms with van der Waals surface area (Å²) in [4.78, 5) is 2.09. The molecule has 3 heteroatoms. The van der Waals surface area contributed by atoms with Gasteiger partial charge in [-0.05, 0) is 18.1 Å². The summed E-state index contributed by atoms with van der Waals surface area (Å²) >= 11 is 0. The zero-order valence-corrected chi connectivity index (χ0v) is 8.94. The molecule has 0 bridgehead atoms. The lowest BCUT2D eigenvalue weighted by Gasteiger charge is -2.25. The Hall–Kier alpha value is -1.77. The molecule has 0 saturated carbocycles. The van der Waals surface area contributed by atoms with Crippen LogP contribution < -0.4 is 0 Å². The predicted molar refractivity (Wildman–Crippen MR) is 60.8 cm³/mol. The maximum atomic E-state index is 8.83. The Labute approximate surface area is 89.3 Å². The van der Waals surface area contributed by atoms with Crippen molar-refractivity contribution in [1.82, 2.24) is 4.90 Å². The summed E-state index contributed by atoms with van der Waals surface area (Å²) in [6.07, 6.45) is 2.01. The molecular weight excluding hydrogens is 188 g/mol. The number of fused-ring (bicyclic) bond motifs is 1. The van der Waals surface area contributed by atoms with Crippen LogP contribution in [0.25, 0.3) is 5.57 Å². The fourth-order valence-electron chi connectivity index (χ4n) is 1.87. The molecule has 1 N–H and O–H groups in total. The lowest BCUT2D eigenvalue weighted by molar-refractivity contribution is 0.319. The Morgan fingerprint density at radius 2 is 2.13 bits per heavy atom. The van der Waals surface area contributed by atoms with Gasteiger partial charge in [-0.1, -0.05) is 29.4 Å². The molecule has 0 atom stereocenters. The van der Waals surface area contributed by atoms with E-state index in [0.29, 0.717) is 5.71 Å². The molecule has 0 saturated heterocycles. The lowest BCUT2D eigenvalue weighted by atomic mass is 9.94. The molecule has 2 rings (SSSR count). The van der Waals surface area contributed by atoms with Crippen molar-refractivity contribution in [3.8, 4) is 0 Å². The van der Waals surface area contributed by atoms with Gasteiger partial charge in [0.25, 0.3) is 0 Å². The molecule has 0 unspecified atom stereocenters. The minimum atomic E-state index is 0.647. The summed E-state index contributed by atoms with van der Waals surface area (Å²) in [6.45, 7) is 2.71. The molecule has 78 valence electrons. The van der Waals surface area contributed by atoms with Crippen LogP contribution in [0.3, 0.4) is 0 Å². The quantitative estimate of drug-likeness (QED) is 0.431. The van der Waals surface area contributed by atoms with Gasteiger partial charge in [-0.2, -0.15) is 0 Å². The molecular formula is C12H14N2O. The highest BCUT2D eigenvalue weighted by Gasteiger charge is 2.16. The average molecular weight is 202 g/mol. The summed E-state index contributed by atoms with van der Waals surface area (Å²) in [6, 6.07) is 8.19. The van der Waals surface area contributed by atoms with E-state index >= 15 is 0 Å². The van der Waals surface area contributed by atoms with Crippen molar-refractivity contribution < 1.29 is 5.21 Å². The molecule has 3 nitrogen and oxygen atoms in total. The molecule has 0 fully saturated rings. The van der Waals surface area contributed by atoms with Crippen molar-refractivity contribution in [2.24, 2.45) is 5.16 Å². The molecule has 1 aromatic carbocycles. The van der Waals surface area contributed by atoms with Crippen LogP contribution in [0.15, 0.2) is 35.6 Å². The van der Waals surface area contributed by atoms with E-state index in [1.807, 2.05) is 32.3 Å². The Balaban J connectivity index is 2.54. The highest BCUT2D eigenvalue weighted by Crippen LogP contribution is 2.26. The van der Waals surface area contributed by atoms with E-state index in [0.717, 1.165) is 17.7 Å². The molecule has 0 aromatic heterocycles. The largest absolute Gasteiger partial charge is 0.411 e. The van der Waals surface area contributed by atoms with Gasteiger partial charge < -0.3 is 10.1 Å². The maximum absolute atomic E-state index is 8.83. The number of rotatable bonds is 1. The van der Waals surface area contributed by atoms with Crippen LogP contribution in [0.2, 0.25) is 0 Å². The summed E-state index contributed by atoms with van der Waals surface area (Å²) in [7, 11) is 2.01. The Bertz CT molecular complexity index is 435. The van der Waals surface area contributed by atoms with Crippen molar-refractivity contribution in [2.75, 3.05) is 7.05 Å². The van der Waals surface area contributed by atoms with E-state index < -0.39 is 0 Å². The van der Waals surface area contributed by atoms with Crippen LogP contribution >= 0.6 is 0 Å². The minimum absolute atomic E-state index is 0.647. The van der Waals surface area contributed by atoms with Gasteiger partial charge in [0.1, 0.15) is 0 Å². The Morgan fingerprint density at radius 1 is 1.40 bits per heavy atom. The van der Waals surface area contributed by atoms with E-state index in [1.165, 1.54) is 5.56 Å². The molecule has 1 heterocycles. The molecule has 15 heavy (non-hydrogen) atoms. The van der Waals surface area contributed by atoms with E-state index in [9.17, 15) is 0 Å². The fourth-order valence-corrected chi connectivity index (χ4v) is 1.87. The van der Waals surface area contributed by atoms with Crippen molar-refractivity contribution in [3.05, 3.63) is 41.6 Å². The SMILES string of the molecule is C/C(=N\O)C1=CN(C)Cc2ccccc21. The van der Waals surface area contributed by atoms with Gasteiger partial charge in [0, 0.05) is 25.4 Å². The van der Waals surface area contributed by atoms with E-state index in [4.69, 9.17) is 5.21 Å². The van der Waals surface area contributed by atoms with Crippen LogP contribution in [0, 0.1) is 0 Å². The molecule has 0 amide bonds. The third kappa shape index (κ3) is 1.73. The summed E-state index contributed by atoms with van der Waals surface area (Å²) in [5.74, 6) is 0. The Morgan fingerprint density at radius 3 is 2.87 bits per heavy atom. The van der Waals surface area contributed by atoms with Crippen molar-refractivity contribution >= 4 is 11.3 Å². The van der Waals surface area contributed by atoms with Crippen LogP contribution in [0.1, 0.15) is 18.1 Å². The van der Waals surface area contributed by atoms with Gasteiger partial charge in [-0.15, -0.1) is 0 Å². The fraction of sp³-hybridized carbons (Fsp3) is 0.250. The van der Waals surface area contributed by atoms with Gasteiger partial charge in [0.2, 0.25) is 0 Å². The summed E-state index contributed by atoms with van der Waals surface area (Å²) in [5, 5.41) is 12.1. The smallest absolute Gasteiger partial charge is 0.0857 e. The van der Waals surface area contributed by atoms with E-state index in [-0.39, 0.29) is 0 Å². The zero-order chi connectivity index (χ0) is 10.8. The number of oxime groups is 1.